The molecule has 112 valence electrons. The van der Waals surface area contributed by atoms with Crippen molar-refractivity contribution in [3.63, 3.8) is 0 Å². The molecule has 0 aliphatic heterocycles. The van der Waals surface area contributed by atoms with Gasteiger partial charge < -0.3 is 5.32 Å². The van der Waals surface area contributed by atoms with Gasteiger partial charge in [-0.2, -0.15) is 0 Å². The first-order valence-electron chi connectivity index (χ1n) is 6.52. The average molecular weight is 423 g/mol. The molecular weight excluding hydrogens is 409 g/mol. The fourth-order valence-electron chi connectivity index (χ4n) is 1.70. The van der Waals surface area contributed by atoms with E-state index in [2.05, 4.69) is 38.2 Å². The Kier molecular flexibility index (Phi) is 6.02. The number of nitrogens with one attached hydrogen (secondary N) is 2. The van der Waals surface area contributed by atoms with E-state index in [1.807, 2.05) is 43.3 Å². The molecule has 0 atom stereocenters. The fraction of sp³-hybridized carbons (Fsp3) is 0.0625. The molecule has 2 aromatic rings. The summed E-state index contributed by atoms with van der Waals surface area (Å²) in [6, 6.07) is 11.6. The maximum Gasteiger partial charge on any atom is 0.250 e. The van der Waals surface area contributed by atoms with Crippen molar-refractivity contribution in [3.05, 3.63) is 63.4 Å². The van der Waals surface area contributed by atoms with Crippen LogP contribution in [0, 0.1) is 10.5 Å². The van der Waals surface area contributed by atoms with E-state index in [0.717, 1.165) is 14.7 Å². The summed E-state index contributed by atoms with van der Waals surface area (Å²) >= 11 is 7.31. The number of pyridine rings is 1. The lowest BCUT2D eigenvalue weighted by Crippen LogP contribution is -2.33. The van der Waals surface area contributed by atoms with Crippen molar-refractivity contribution in [3.8, 4) is 0 Å². The van der Waals surface area contributed by atoms with E-state index in [1.54, 1.807) is 12.3 Å². The normalized spacial score (nSPS) is 10.5. The van der Waals surface area contributed by atoms with Crippen LogP contribution in [-0.2, 0) is 4.79 Å². The van der Waals surface area contributed by atoms with Crippen LogP contribution >= 0.6 is 34.8 Å². The number of hydrogen-bond donors (Lipinski definition) is 2. The van der Waals surface area contributed by atoms with Crippen molar-refractivity contribution in [2.75, 3.05) is 5.32 Å². The molecule has 1 aromatic heterocycles. The van der Waals surface area contributed by atoms with Gasteiger partial charge in [-0.15, -0.1) is 0 Å². The molecule has 22 heavy (non-hydrogen) atoms. The van der Waals surface area contributed by atoms with Gasteiger partial charge in [0.2, 0.25) is 5.91 Å². The van der Waals surface area contributed by atoms with Gasteiger partial charge >= 0.3 is 0 Å². The first-order chi connectivity index (χ1) is 10.5. The third-order valence-corrected chi connectivity index (χ3v) is 3.53. The molecule has 1 heterocycles. The highest BCUT2D eigenvalue weighted by Crippen LogP contribution is 2.13. The minimum Gasteiger partial charge on any atom is -0.317 e. The highest BCUT2D eigenvalue weighted by molar-refractivity contribution is 14.1. The molecule has 0 saturated carbocycles. The summed E-state index contributed by atoms with van der Waals surface area (Å²) in [5.41, 5.74) is 1.91. The number of carbonyl (C=O) groups is 1. The van der Waals surface area contributed by atoms with Crippen molar-refractivity contribution in [1.29, 1.82) is 0 Å². The predicted molar refractivity (Wildman–Crippen MR) is 102 cm³/mol. The Morgan fingerprint density at radius 1 is 1.32 bits per heavy atom. The minimum atomic E-state index is -0.287. The average Bonchev–Trinajstić information content (AvgIpc) is 2.49. The van der Waals surface area contributed by atoms with Crippen molar-refractivity contribution >= 4 is 57.7 Å². The number of thiocarbonyl (C=S) groups is 1. The van der Waals surface area contributed by atoms with E-state index in [4.69, 9.17) is 12.2 Å². The largest absolute Gasteiger partial charge is 0.317 e. The molecule has 0 unspecified atom stereocenters. The lowest BCUT2D eigenvalue weighted by Gasteiger charge is -2.09. The number of aromatic nitrogens is 1. The van der Waals surface area contributed by atoms with Crippen molar-refractivity contribution < 1.29 is 4.79 Å². The van der Waals surface area contributed by atoms with Crippen LogP contribution in [0.15, 0.2) is 48.7 Å². The van der Waals surface area contributed by atoms with Crippen LogP contribution in [0.5, 0.6) is 0 Å². The molecule has 0 bridgehead atoms. The first-order valence-corrected chi connectivity index (χ1v) is 8.00. The molecule has 0 spiro atoms. The molecule has 1 aromatic carbocycles. The number of nitrogens with zero attached hydrogens (tertiary/aromatic N) is 1. The van der Waals surface area contributed by atoms with Crippen LogP contribution in [-0.4, -0.2) is 16.0 Å². The number of aryl methyl sites for hydroxylation is 1. The standard InChI is InChI=1S/C16H14IN3OS/c1-11-9-13(17)10-18-15(11)20-16(22)19-14(21)8-7-12-5-3-2-4-6-12/h2-10H,1H3,(H2,18,19,20,21,22)/b8-7+. The van der Waals surface area contributed by atoms with Gasteiger partial charge in [0.05, 0.1) is 0 Å². The van der Waals surface area contributed by atoms with E-state index in [1.165, 1.54) is 6.08 Å². The smallest absolute Gasteiger partial charge is 0.250 e. The van der Waals surface area contributed by atoms with E-state index < -0.39 is 0 Å². The Balaban J connectivity index is 1.91. The van der Waals surface area contributed by atoms with Gasteiger partial charge in [0.25, 0.3) is 0 Å². The van der Waals surface area contributed by atoms with Crippen LogP contribution in [0.1, 0.15) is 11.1 Å². The molecule has 6 heteroatoms. The molecule has 4 nitrogen and oxygen atoms in total. The number of hydrogen-bond acceptors (Lipinski definition) is 3. The quantitative estimate of drug-likeness (QED) is 0.451. The fourth-order valence-corrected chi connectivity index (χ4v) is 2.50. The summed E-state index contributed by atoms with van der Waals surface area (Å²) in [5, 5.41) is 5.73. The molecule has 0 aliphatic rings. The summed E-state index contributed by atoms with van der Waals surface area (Å²) in [4.78, 5) is 16.1. The summed E-state index contributed by atoms with van der Waals surface area (Å²) in [6.07, 6.45) is 4.90. The van der Waals surface area contributed by atoms with Crippen LogP contribution in [0.25, 0.3) is 6.08 Å². The van der Waals surface area contributed by atoms with Crippen molar-refractivity contribution in [1.82, 2.24) is 10.3 Å². The molecule has 2 N–H and O–H groups in total. The van der Waals surface area contributed by atoms with E-state index in [0.29, 0.717) is 5.82 Å². The second kappa shape index (κ2) is 8.00. The number of anilines is 1. The van der Waals surface area contributed by atoms with Crippen LogP contribution < -0.4 is 10.6 Å². The van der Waals surface area contributed by atoms with Gasteiger partial charge in [0.1, 0.15) is 5.82 Å². The topological polar surface area (TPSA) is 54.0 Å². The summed E-state index contributed by atoms with van der Waals surface area (Å²) < 4.78 is 1.04. The lowest BCUT2D eigenvalue weighted by atomic mass is 10.2. The Bertz CT molecular complexity index is 717. The number of benzene rings is 1. The summed E-state index contributed by atoms with van der Waals surface area (Å²) in [7, 11) is 0. The van der Waals surface area contributed by atoms with Crippen molar-refractivity contribution in [2.24, 2.45) is 0 Å². The maximum atomic E-state index is 11.8. The number of halogens is 1. The molecular formula is C16H14IN3OS. The number of rotatable bonds is 3. The van der Waals surface area contributed by atoms with Crippen LogP contribution in [0.3, 0.4) is 0 Å². The van der Waals surface area contributed by atoms with Crippen LogP contribution in [0.4, 0.5) is 5.82 Å². The molecule has 0 saturated heterocycles. The number of amides is 1. The third kappa shape index (κ3) is 5.19. The molecule has 0 fully saturated rings. The Morgan fingerprint density at radius 3 is 2.73 bits per heavy atom. The minimum absolute atomic E-state index is 0.222. The third-order valence-electron chi connectivity index (χ3n) is 2.74. The monoisotopic (exact) mass is 423 g/mol. The second-order valence-electron chi connectivity index (χ2n) is 4.51. The Morgan fingerprint density at radius 2 is 2.05 bits per heavy atom. The Labute approximate surface area is 148 Å². The van der Waals surface area contributed by atoms with Gasteiger partial charge in [0.15, 0.2) is 5.11 Å². The van der Waals surface area contributed by atoms with Gasteiger partial charge in [-0.25, -0.2) is 4.98 Å². The van der Waals surface area contributed by atoms with E-state index in [9.17, 15) is 4.79 Å². The van der Waals surface area contributed by atoms with Crippen molar-refractivity contribution in [2.45, 2.75) is 6.92 Å². The zero-order chi connectivity index (χ0) is 15.9. The highest BCUT2D eigenvalue weighted by atomic mass is 127. The van der Waals surface area contributed by atoms with Gasteiger partial charge in [-0.1, -0.05) is 30.3 Å². The Hall–Kier alpha value is -1.80. The lowest BCUT2D eigenvalue weighted by molar-refractivity contribution is -0.115. The summed E-state index contributed by atoms with van der Waals surface area (Å²) in [5.74, 6) is 0.349. The number of carbonyl (C=O) groups excluding carboxylic acids is 1. The van der Waals surface area contributed by atoms with Gasteiger partial charge in [-0.05, 0) is 65.0 Å². The predicted octanol–water partition coefficient (Wildman–Crippen LogP) is 3.52. The van der Waals surface area contributed by atoms with Gasteiger partial charge in [-0.3, -0.25) is 10.1 Å². The van der Waals surface area contributed by atoms with E-state index in [-0.39, 0.29) is 11.0 Å². The highest BCUT2D eigenvalue weighted by Gasteiger charge is 2.05. The maximum absolute atomic E-state index is 11.8. The zero-order valence-electron chi connectivity index (χ0n) is 11.8. The zero-order valence-corrected chi connectivity index (χ0v) is 14.8. The molecule has 0 aliphatic carbocycles. The molecule has 0 radical (unpaired) electrons. The SMILES string of the molecule is Cc1cc(I)cnc1NC(=S)NC(=O)/C=C/c1ccccc1. The van der Waals surface area contributed by atoms with Crippen LogP contribution in [0.2, 0.25) is 0 Å². The molecule has 2 rings (SSSR count). The van der Waals surface area contributed by atoms with Gasteiger partial charge in [0, 0.05) is 15.8 Å². The molecule has 1 amide bonds. The second-order valence-corrected chi connectivity index (χ2v) is 6.16. The van der Waals surface area contributed by atoms with E-state index >= 15 is 0 Å². The summed E-state index contributed by atoms with van der Waals surface area (Å²) in [6.45, 7) is 1.93. The first kappa shape index (κ1) is 16.6.